The number of aryl methyl sites for hydroxylation is 1. The topological polar surface area (TPSA) is 67.4 Å². The van der Waals surface area contributed by atoms with Crippen molar-refractivity contribution in [2.45, 2.75) is 34.1 Å². The molecule has 0 heterocycles. The van der Waals surface area contributed by atoms with Crippen LogP contribution in [0.25, 0.3) is 0 Å². The average Bonchev–Trinajstić information content (AvgIpc) is 2.40. The normalized spacial score (nSPS) is 10.3. The Morgan fingerprint density at radius 1 is 1.24 bits per heavy atom. The highest BCUT2D eigenvalue weighted by molar-refractivity contribution is 5.94. The van der Waals surface area contributed by atoms with Crippen LogP contribution < -0.4 is 15.4 Å². The first-order chi connectivity index (χ1) is 9.90. The molecule has 1 aromatic rings. The predicted octanol–water partition coefficient (Wildman–Crippen LogP) is 2.55. The van der Waals surface area contributed by atoms with Gasteiger partial charge < -0.3 is 10.1 Å². The van der Waals surface area contributed by atoms with E-state index in [4.69, 9.17) is 4.74 Å². The summed E-state index contributed by atoms with van der Waals surface area (Å²) < 4.78 is 5.43. The third-order valence-corrected chi connectivity index (χ3v) is 3.17. The summed E-state index contributed by atoms with van der Waals surface area (Å²) in [6.45, 7) is 8.42. The Morgan fingerprint density at radius 3 is 2.62 bits per heavy atom. The molecule has 116 valence electrons. The van der Waals surface area contributed by atoms with Crippen LogP contribution in [0.3, 0.4) is 0 Å². The number of hydrogen-bond donors (Lipinski definition) is 2. The van der Waals surface area contributed by atoms with Gasteiger partial charge in [0.2, 0.25) is 0 Å². The third-order valence-electron chi connectivity index (χ3n) is 3.17. The Bertz CT molecular complexity index is 498. The molecule has 2 N–H and O–H groups in total. The van der Waals surface area contributed by atoms with Crippen molar-refractivity contribution in [3.05, 3.63) is 29.3 Å². The minimum absolute atomic E-state index is 0.179. The van der Waals surface area contributed by atoms with Crippen molar-refractivity contribution in [2.24, 2.45) is 5.92 Å². The maximum Gasteiger partial charge on any atom is 0.321 e. The number of carbonyl (C=O) groups is 2. The molecule has 0 aliphatic rings. The van der Waals surface area contributed by atoms with Gasteiger partial charge in [-0.1, -0.05) is 26.0 Å². The van der Waals surface area contributed by atoms with Gasteiger partial charge >= 0.3 is 6.03 Å². The first kappa shape index (κ1) is 17.0. The molecule has 0 unspecified atom stereocenters. The molecule has 1 aromatic carbocycles. The lowest BCUT2D eigenvalue weighted by Gasteiger charge is -2.11. The highest BCUT2D eigenvalue weighted by Crippen LogP contribution is 2.20. The zero-order chi connectivity index (χ0) is 15.8. The Morgan fingerprint density at radius 2 is 1.95 bits per heavy atom. The van der Waals surface area contributed by atoms with Gasteiger partial charge in [-0.2, -0.15) is 0 Å². The first-order valence-electron chi connectivity index (χ1n) is 7.17. The van der Waals surface area contributed by atoms with E-state index < -0.39 is 11.9 Å². The van der Waals surface area contributed by atoms with Crippen LogP contribution in [0, 0.1) is 19.8 Å². The zero-order valence-electron chi connectivity index (χ0n) is 13.2. The molecule has 5 heteroatoms. The van der Waals surface area contributed by atoms with Crippen LogP contribution in [0.4, 0.5) is 4.79 Å². The van der Waals surface area contributed by atoms with Crippen LogP contribution in [-0.4, -0.2) is 25.1 Å². The molecule has 0 aromatic heterocycles. The van der Waals surface area contributed by atoms with Crippen LogP contribution in [0.1, 0.15) is 31.4 Å². The summed E-state index contributed by atoms with van der Waals surface area (Å²) in [7, 11) is 0. The van der Waals surface area contributed by atoms with E-state index >= 15 is 0 Å². The van der Waals surface area contributed by atoms with Gasteiger partial charge in [0.1, 0.15) is 5.75 Å². The fraction of sp³-hybridized carbons (Fsp3) is 0.500. The summed E-state index contributed by atoms with van der Waals surface area (Å²) in [4.78, 5) is 23.1. The Hall–Kier alpha value is -2.04. The molecule has 5 nitrogen and oxygen atoms in total. The lowest BCUT2D eigenvalue weighted by Crippen LogP contribution is -2.42. The van der Waals surface area contributed by atoms with E-state index in [2.05, 4.69) is 24.5 Å². The van der Waals surface area contributed by atoms with E-state index in [0.717, 1.165) is 17.5 Å². The number of urea groups is 1. The first-order valence-corrected chi connectivity index (χ1v) is 7.17. The number of benzene rings is 1. The van der Waals surface area contributed by atoms with Crippen LogP contribution >= 0.6 is 0 Å². The number of imide groups is 1. The maximum atomic E-state index is 11.6. The fourth-order valence-corrected chi connectivity index (χ4v) is 1.71. The molecule has 0 radical (unpaired) electrons. The van der Waals surface area contributed by atoms with Gasteiger partial charge in [-0.05, 0) is 43.4 Å². The molecule has 0 aliphatic carbocycles. The van der Waals surface area contributed by atoms with Gasteiger partial charge in [-0.3, -0.25) is 10.1 Å². The molecule has 0 bridgehead atoms. The minimum atomic E-state index is -0.481. The molecule has 0 spiro atoms. The van der Waals surface area contributed by atoms with Crippen molar-refractivity contribution < 1.29 is 14.3 Å². The number of ether oxygens (including phenoxy) is 1. The minimum Gasteiger partial charge on any atom is -0.483 e. The molecular weight excluding hydrogens is 268 g/mol. The molecule has 0 aliphatic heterocycles. The van der Waals surface area contributed by atoms with E-state index in [-0.39, 0.29) is 6.61 Å². The molecular formula is C16H24N2O3. The third kappa shape index (κ3) is 6.29. The highest BCUT2D eigenvalue weighted by atomic mass is 16.5. The van der Waals surface area contributed by atoms with E-state index in [9.17, 15) is 9.59 Å². The molecule has 21 heavy (non-hydrogen) atoms. The number of nitrogens with one attached hydrogen (secondary N) is 2. The van der Waals surface area contributed by atoms with Crippen molar-refractivity contribution in [1.82, 2.24) is 10.6 Å². The van der Waals surface area contributed by atoms with Crippen LogP contribution in [0.5, 0.6) is 5.75 Å². The van der Waals surface area contributed by atoms with Crippen molar-refractivity contribution >= 4 is 11.9 Å². The average molecular weight is 292 g/mol. The summed E-state index contributed by atoms with van der Waals surface area (Å²) in [6, 6.07) is 5.17. The molecule has 0 fully saturated rings. The van der Waals surface area contributed by atoms with Crippen molar-refractivity contribution in [1.29, 1.82) is 0 Å². The second-order valence-corrected chi connectivity index (χ2v) is 5.47. The zero-order valence-corrected chi connectivity index (χ0v) is 13.2. The van der Waals surface area contributed by atoms with Crippen molar-refractivity contribution in [2.75, 3.05) is 13.2 Å². The summed E-state index contributed by atoms with van der Waals surface area (Å²) >= 11 is 0. The largest absolute Gasteiger partial charge is 0.483 e. The van der Waals surface area contributed by atoms with Crippen molar-refractivity contribution in [3.8, 4) is 5.75 Å². The van der Waals surface area contributed by atoms with Crippen LogP contribution in [-0.2, 0) is 4.79 Å². The Balaban J connectivity index is 2.34. The highest BCUT2D eigenvalue weighted by Gasteiger charge is 2.09. The maximum absolute atomic E-state index is 11.6. The number of amides is 3. The Kier molecular flexibility index (Phi) is 6.72. The summed E-state index contributed by atoms with van der Waals surface area (Å²) in [5, 5.41) is 4.88. The summed E-state index contributed by atoms with van der Waals surface area (Å²) in [5.74, 6) is 0.706. The molecule has 0 saturated heterocycles. The van der Waals surface area contributed by atoms with Gasteiger partial charge in [0.15, 0.2) is 6.61 Å². The van der Waals surface area contributed by atoms with Gasteiger partial charge in [0.05, 0.1) is 0 Å². The van der Waals surface area contributed by atoms with E-state index in [1.807, 2.05) is 26.0 Å². The Labute approximate surface area is 126 Å². The molecule has 0 atom stereocenters. The summed E-state index contributed by atoms with van der Waals surface area (Å²) in [5.41, 5.74) is 2.09. The fourth-order valence-electron chi connectivity index (χ4n) is 1.71. The van der Waals surface area contributed by atoms with E-state index in [1.54, 1.807) is 6.07 Å². The van der Waals surface area contributed by atoms with Crippen molar-refractivity contribution in [3.63, 3.8) is 0 Å². The number of hydrogen-bond acceptors (Lipinski definition) is 3. The van der Waals surface area contributed by atoms with Crippen LogP contribution in [0.15, 0.2) is 18.2 Å². The lowest BCUT2D eigenvalue weighted by atomic mass is 10.1. The quantitative estimate of drug-likeness (QED) is 0.846. The standard InChI is InChI=1S/C16H24N2O3/c1-11(2)8-9-17-16(20)18-15(19)10-21-14-7-5-6-12(3)13(14)4/h5-7,11H,8-10H2,1-4H3,(H2,17,18,19,20). The second-order valence-electron chi connectivity index (χ2n) is 5.47. The van der Waals surface area contributed by atoms with E-state index in [1.165, 1.54) is 0 Å². The van der Waals surface area contributed by atoms with Gasteiger partial charge in [-0.15, -0.1) is 0 Å². The number of carbonyl (C=O) groups excluding carboxylic acids is 2. The molecule has 0 saturated carbocycles. The number of rotatable bonds is 6. The summed E-state index contributed by atoms with van der Waals surface area (Å²) in [6.07, 6.45) is 0.876. The van der Waals surface area contributed by atoms with Crippen LogP contribution in [0.2, 0.25) is 0 Å². The monoisotopic (exact) mass is 292 g/mol. The smallest absolute Gasteiger partial charge is 0.321 e. The van der Waals surface area contributed by atoms with Gasteiger partial charge in [0.25, 0.3) is 5.91 Å². The van der Waals surface area contributed by atoms with E-state index in [0.29, 0.717) is 18.2 Å². The second kappa shape index (κ2) is 8.29. The SMILES string of the molecule is Cc1cccc(OCC(=O)NC(=O)NCCC(C)C)c1C. The molecule has 3 amide bonds. The van der Waals surface area contributed by atoms with Gasteiger partial charge in [0, 0.05) is 6.54 Å². The predicted molar refractivity (Wildman–Crippen MR) is 82.4 cm³/mol. The molecule has 1 rings (SSSR count). The lowest BCUT2D eigenvalue weighted by molar-refractivity contribution is -0.122. The van der Waals surface area contributed by atoms with Gasteiger partial charge in [-0.25, -0.2) is 4.79 Å².